The molecule has 1 aliphatic rings. The molecule has 2 heterocycles. The van der Waals surface area contributed by atoms with Gasteiger partial charge in [-0.15, -0.1) is 0 Å². The van der Waals surface area contributed by atoms with Crippen molar-refractivity contribution in [3.63, 3.8) is 0 Å². The van der Waals surface area contributed by atoms with Crippen LogP contribution in [0.15, 0.2) is 6.20 Å². The van der Waals surface area contributed by atoms with Crippen LogP contribution in [0, 0.1) is 6.92 Å². The molecule has 1 saturated heterocycles. The van der Waals surface area contributed by atoms with Crippen molar-refractivity contribution in [2.45, 2.75) is 45.3 Å². The molecule has 1 unspecified atom stereocenters. The number of hydrogen-bond acceptors (Lipinski definition) is 3. The van der Waals surface area contributed by atoms with Gasteiger partial charge in [-0.3, -0.25) is 0 Å². The molecule has 0 saturated carbocycles. The second kappa shape index (κ2) is 7.28. The molecule has 1 aromatic heterocycles. The van der Waals surface area contributed by atoms with Crippen LogP contribution in [0.25, 0.3) is 0 Å². The minimum atomic E-state index is -0.0635. The number of nitrogens with one attached hydrogen (secondary N) is 2. The normalized spacial score (nSPS) is 18.2. The van der Waals surface area contributed by atoms with Crippen LogP contribution in [0.5, 0.6) is 0 Å². The van der Waals surface area contributed by atoms with E-state index in [1.165, 1.54) is 6.42 Å². The Bertz CT molecular complexity index is 427. The maximum absolute atomic E-state index is 11.9. The Hall–Kier alpha value is -1.56. The largest absolute Gasteiger partial charge is 0.378 e. The molecule has 2 rings (SSSR count). The van der Waals surface area contributed by atoms with E-state index in [9.17, 15) is 4.79 Å². The van der Waals surface area contributed by atoms with Crippen LogP contribution in [0.4, 0.5) is 4.79 Å². The molecule has 2 N–H and O–H groups in total. The van der Waals surface area contributed by atoms with Gasteiger partial charge >= 0.3 is 6.03 Å². The van der Waals surface area contributed by atoms with Crippen molar-refractivity contribution in [1.82, 2.24) is 20.2 Å². The third kappa shape index (κ3) is 4.52. The van der Waals surface area contributed by atoms with E-state index in [0.29, 0.717) is 12.6 Å². The zero-order valence-electron chi connectivity index (χ0n) is 12.3. The lowest BCUT2D eigenvalue weighted by molar-refractivity contribution is 0.100. The second-order valence-corrected chi connectivity index (χ2v) is 5.37. The van der Waals surface area contributed by atoms with Crippen LogP contribution in [-0.2, 0) is 11.3 Å². The average Bonchev–Trinajstić information content (AvgIpc) is 3.07. The summed E-state index contributed by atoms with van der Waals surface area (Å²) < 4.78 is 5.57. The van der Waals surface area contributed by atoms with Gasteiger partial charge in [-0.1, -0.05) is 0 Å². The van der Waals surface area contributed by atoms with E-state index in [0.717, 1.165) is 43.9 Å². The number of H-pyrrole nitrogens is 1. The Balaban J connectivity index is 1.61. The van der Waals surface area contributed by atoms with Gasteiger partial charge in [0.2, 0.25) is 0 Å². The predicted octanol–water partition coefficient (Wildman–Crippen LogP) is 1.82. The molecule has 0 aromatic carbocycles. The molecule has 0 radical (unpaired) electrons. The number of aromatic amines is 1. The minimum absolute atomic E-state index is 0.0635. The Morgan fingerprint density at radius 2 is 2.50 bits per heavy atom. The van der Waals surface area contributed by atoms with Gasteiger partial charge in [0.25, 0.3) is 0 Å². The molecule has 0 bridgehead atoms. The number of imidazole rings is 1. The number of ether oxygens (including phenoxy) is 1. The van der Waals surface area contributed by atoms with Crippen LogP contribution in [0.3, 0.4) is 0 Å². The summed E-state index contributed by atoms with van der Waals surface area (Å²) in [6.45, 7) is 4.02. The van der Waals surface area contributed by atoms with Crippen molar-refractivity contribution < 1.29 is 9.53 Å². The summed E-state index contributed by atoms with van der Waals surface area (Å²) in [5.74, 6) is 0.781. The third-order valence-corrected chi connectivity index (χ3v) is 3.55. The summed E-state index contributed by atoms with van der Waals surface area (Å²) in [7, 11) is 1.82. The molecule has 0 spiro atoms. The zero-order chi connectivity index (χ0) is 14.4. The van der Waals surface area contributed by atoms with Crippen molar-refractivity contribution in [1.29, 1.82) is 0 Å². The summed E-state index contributed by atoms with van der Waals surface area (Å²) in [5.41, 5.74) is 0.999. The Morgan fingerprint density at radius 3 is 3.15 bits per heavy atom. The van der Waals surface area contributed by atoms with Gasteiger partial charge in [0.15, 0.2) is 0 Å². The molecule has 1 aromatic rings. The van der Waals surface area contributed by atoms with Crippen molar-refractivity contribution in [3.05, 3.63) is 17.7 Å². The van der Waals surface area contributed by atoms with E-state index in [1.54, 1.807) is 11.1 Å². The van der Waals surface area contributed by atoms with Crippen molar-refractivity contribution in [3.8, 4) is 0 Å². The number of nitrogens with zero attached hydrogens (tertiary/aromatic N) is 2. The molecule has 6 nitrogen and oxygen atoms in total. The van der Waals surface area contributed by atoms with E-state index in [1.807, 2.05) is 14.0 Å². The fraction of sp³-hybridized carbons (Fsp3) is 0.714. The van der Waals surface area contributed by atoms with Crippen molar-refractivity contribution >= 4 is 6.03 Å². The van der Waals surface area contributed by atoms with Gasteiger partial charge in [0, 0.05) is 32.1 Å². The lowest BCUT2D eigenvalue weighted by atomic mass is 10.1. The maximum Gasteiger partial charge on any atom is 0.317 e. The molecule has 6 heteroatoms. The first kappa shape index (κ1) is 14.8. The number of aryl methyl sites for hydroxylation is 1. The summed E-state index contributed by atoms with van der Waals surface area (Å²) in [6.07, 6.45) is 6.51. The van der Waals surface area contributed by atoms with Gasteiger partial charge in [0.1, 0.15) is 5.82 Å². The monoisotopic (exact) mass is 280 g/mol. The van der Waals surface area contributed by atoms with Crippen molar-refractivity contribution in [2.24, 2.45) is 0 Å². The number of carbonyl (C=O) groups excluding carboxylic acids is 1. The summed E-state index contributed by atoms with van der Waals surface area (Å²) in [5, 5.41) is 2.85. The third-order valence-electron chi connectivity index (χ3n) is 3.55. The molecule has 0 aliphatic carbocycles. The SMILES string of the molecule is Cc1cnc(CNC(=O)N(C)CCCC2CCCO2)[nH]1. The van der Waals surface area contributed by atoms with Gasteiger partial charge in [-0.2, -0.15) is 0 Å². The number of carbonyl (C=O) groups is 1. The number of urea groups is 1. The van der Waals surface area contributed by atoms with E-state index in [4.69, 9.17) is 4.74 Å². The number of aromatic nitrogens is 2. The lowest BCUT2D eigenvalue weighted by Gasteiger charge is -2.18. The first-order valence-electron chi connectivity index (χ1n) is 7.26. The van der Waals surface area contributed by atoms with E-state index >= 15 is 0 Å². The van der Waals surface area contributed by atoms with Gasteiger partial charge < -0.3 is 19.9 Å². The highest BCUT2D eigenvalue weighted by molar-refractivity contribution is 5.73. The maximum atomic E-state index is 11.9. The highest BCUT2D eigenvalue weighted by Gasteiger charge is 2.16. The molecule has 2 amide bonds. The minimum Gasteiger partial charge on any atom is -0.378 e. The number of hydrogen-bond donors (Lipinski definition) is 2. The smallest absolute Gasteiger partial charge is 0.317 e. The lowest BCUT2D eigenvalue weighted by Crippen LogP contribution is -2.37. The van der Waals surface area contributed by atoms with Crippen LogP contribution in [0.2, 0.25) is 0 Å². The second-order valence-electron chi connectivity index (χ2n) is 5.37. The molecule has 20 heavy (non-hydrogen) atoms. The van der Waals surface area contributed by atoms with Crippen LogP contribution < -0.4 is 5.32 Å². The highest BCUT2D eigenvalue weighted by Crippen LogP contribution is 2.16. The fourth-order valence-electron chi connectivity index (χ4n) is 2.38. The summed E-state index contributed by atoms with van der Waals surface area (Å²) >= 11 is 0. The van der Waals surface area contributed by atoms with Gasteiger partial charge in [-0.05, 0) is 32.6 Å². The first-order valence-corrected chi connectivity index (χ1v) is 7.26. The predicted molar refractivity (Wildman–Crippen MR) is 76.4 cm³/mol. The molecule has 112 valence electrons. The molecular weight excluding hydrogens is 256 g/mol. The van der Waals surface area contributed by atoms with Gasteiger partial charge in [0.05, 0.1) is 12.6 Å². The first-order chi connectivity index (χ1) is 9.65. The van der Waals surface area contributed by atoms with E-state index < -0.39 is 0 Å². The number of amides is 2. The highest BCUT2D eigenvalue weighted by atomic mass is 16.5. The quantitative estimate of drug-likeness (QED) is 0.835. The number of rotatable bonds is 6. The van der Waals surface area contributed by atoms with E-state index in [2.05, 4.69) is 15.3 Å². The fourth-order valence-corrected chi connectivity index (χ4v) is 2.38. The molecular formula is C14H24N4O2. The van der Waals surface area contributed by atoms with E-state index in [-0.39, 0.29) is 6.03 Å². The molecule has 1 aliphatic heterocycles. The van der Waals surface area contributed by atoms with Crippen LogP contribution >= 0.6 is 0 Å². The average molecular weight is 280 g/mol. The van der Waals surface area contributed by atoms with Crippen LogP contribution in [0.1, 0.15) is 37.2 Å². The summed E-state index contributed by atoms with van der Waals surface area (Å²) in [4.78, 5) is 20.9. The zero-order valence-corrected chi connectivity index (χ0v) is 12.3. The Labute approximate surface area is 119 Å². The Morgan fingerprint density at radius 1 is 1.65 bits per heavy atom. The molecule has 1 fully saturated rings. The van der Waals surface area contributed by atoms with Crippen LogP contribution in [-0.4, -0.2) is 47.2 Å². The standard InChI is InChI=1S/C14H24N4O2/c1-11-9-15-13(17-11)10-16-14(19)18(2)7-3-5-12-6-4-8-20-12/h9,12H,3-8,10H2,1-2H3,(H,15,17)(H,16,19). The van der Waals surface area contributed by atoms with Gasteiger partial charge in [-0.25, -0.2) is 9.78 Å². The topological polar surface area (TPSA) is 70.2 Å². The van der Waals surface area contributed by atoms with Crippen molar-refractivity contribution in [2.75, 3.05) is 20.2 Å². The Kier molecular flexibility index (Phi) is 5.40. The molecule has 1 atom stereocenters. The summed E-state index contributed by atoms with van der Waals surface area (Å²) in [6, 6.07) is -0.0635.